The number of rotatable bonds is 3. The zero-order valence-corrected chi connectivity index (χ0v) is 9.16. The molecule has 0 spiro atoms. The molecule has 2 aromatic rings. The lowest BCUT2D eigenvalue weighted by Crippen LogP contribution is -2.17. The Kier molecular flexibility index (Phi) is 2.60. The van der Waals surface area contributed by atoms with Crippen LogP contribution in [0.3, 0.4) is 0 Å². The average molecular weight is 219 g/mol. The second kappa shape index (κ2) is 3.92. The number of carboxylic acids is 1. The highest BCUT2D eigenvalue weighted by Crippen LogP contribution is 2.25. The summed E-state index contributed by atoms with van der Waals surface area (Å²) in [5.74, 6) is -1.23. The van der Waals surface area contributed by atoms with Gasteiger partial charge in [-0.3, -0.25) is 4.79 Å². The van der Waals surface area contributed by atoms with Gasteiger partial charge in [0, 0.05) is 6.20 Å². The maximum Gasteiger partial charge on any atom is 0.311 e. The van der Waals surface area contributed by atoms with Gasteiger partial charge in [0.25, 0.3) is 0 Å². The third-order valence-corrected chi connectivity index (χ3v) is 2.62. The Morgan fingerprint density at radius 3 is 2.88 bits per heavy atom. The van der Waals surface area contributed by atoms with Crippen LogP contribution in [-0.4, -0.2) is 25.9 Å². The number of aromatic nitrogens is 3. The first-order valence-electron chi connectivity index (χ1n) is 5.12. The minimum atomic E-state index is -0.799. The molecule has 0 saturated heterocycles. The Bertz CT molecular complexity index is 519. The molecule has 1 N–H and O–H groups in total. The fourth-order valence-corrected chi connectivity index (χ4v) is 1.85. The zero-order valence-electron chi connectivity index (χ0n) is 9.16. The van der Waals surface area contributed by atoms with Crippen LogP contribution in [0, 0.1) is 5.92 Å². The summed E-state index contributed by atoms with van der Waals surface area (Å²) in [7, 11) is 0. The van der Waals surface area contributed by atoms with E-state index in [1.165, 1.54) is 0 Å². The molecule has 0 saturated carbocycles. The number of carboxylic acid groups (broad SMARTS) is 1. The van der Waals surface area contributed by atoms with Crippen LogP contribution < -0.4 is 0 Å². The fraction of sp³-hybridized carbons (Fsp3) is 0.364. The number of hydrogen-bond donors (Lipinski definition) is 1. The first kappa shape index (κ1) is 10.6. The minimum Gasteiger partial charge on any atom is -0.481 e. The van der Waals surface area contributed by atoms with Gasteiger partial charge in [-0.25, -0.2) is 4.52 Å². The lowest BCUT2D eigenvalue weighted by Gasteiger charge is -2.16. The van der Waals surface area contributed by atoms with Gasteiger partial charge in [0.1, 0.15) is 0 Å². The predicted octanol–water partition coefficient (Wildman–Crippen LogP) is 1.55. The van der Waals surface area contributed by atoms with E-state index in [1.54, 1.807) is 23.0 Å². The summed E-state index contributed by atoms with van der Waals surface area (Å²) in [5.41, 5.74) is 1.60. The molecule has 0 aliphatic rings. The summed E-state index contributed by atoms with van der Waals surface area (Å²) in [4.78, 5) is 11.2. The molecule has 1 unspecified atom stereocenters. The lowest BCUT2D eigenvalue weighted by atomic mass is 9.89. The van der Waals surface area contributed by atoms with Crippen LogP contribution >= 0.6 is 0 Å². The molecular weight excluding hydrogens is 206 g/mol. The topological polar surface area (TPSA) is 67.5 Å². The number of fused-ring (bicyclic) bond motifs is 1. The number of hydrogen-bond acceptors (Lipinski definition) is 3. The molecule has 84 valence electrons. The quantitative estimate of drug-likeness (QED) is 0.850. The van der Waals surface area contributed by atoms with Crippen LogP contribution in [0.15, 0.2) is 24.5 Å². The molecule has 0 aromatic carbocycles. The molecule has 5 heteroatoms. The largest absolute Gasteiger partial charge is 0.481 e. The van der Waals surface area contributed by atoms with Crippen molar-refractivity contribution in [2.45, 2.75) is 19.8 Å². The van der Waals surface area contributed by atoms with Gasteiger partial charge in [0.2, 0.25) is 0 Å². The Morgan fingerprint density at radius 1 is 1.50 bits per heavy atom. The van der Waals surface area contributed by atoms with Crippen LogP contribution in [0.25, 0.3) is 5.52 Å². The molecule has 0 radical (unpaired) electrons. The van der Waals surface area contributed by atoms with Gasteiger partial charge in [0.05, 0.1) is 17.6 Å². The molecule has 5 nitrogen and oxygen atoms in total. The monoisotopic (exact) mass is 219 g/mol. The van der Waals surface area contributed by atoms with Gasteiger partial charge in [-0.15, -0.1) is 5.10 Å². The van der Waals surface area contributed by atoms with Crippen molar-refractivity contribution >= 4 is 11.5 Å². The number of carbonyl (C=O) groups is 1. The van der Waals surface area contributed by atoms with E-state index in [-0.39, 0.29) is 5.92 Å². The third kappa shape index (κ3) is 1.76. The van der Waals surface area contributed by atoms with Crippen LogP contribution in [0.4, 0.5) is 0 Å². The molecule has 2 aromatic heterocycles. The maximum atomic E-state index is 11.2. The Morgan fingerprint density at radius 2 is 2.25 bits per heavy atom. The molecule has 0 amide bonds. The summed E-state index contributed by atoms with van der Waals surface area (Å²) in [6.45, 7) is 3.80. The van der Waals surface area contributed by atoms with E-state index in [4.69, 9.17) is 0 Å². The first-order valence-corrected chi connectivity index (χ1v) is 5.12. The van der Waals surface area contributed by atoms with Crippen molar-refractivity contribution < 1.29 is 9.90 Å². The standard InChI is InChI=1S/C11H13N3O2/c1-7(2)10(11(15)16)8-3-4-14-9(5-8)6-12-13-14/h3-7,10H,1-2H3,(H,15,16). The van der Waals surface area contributed by atoms with Gasteiger partial charge in [0.15, 0.2) is 0 Å². The smallest absolute Gasteiger partial charge is 0.311 e. The highest BCUT2D eigenvalue weighted by molar-refractivity contribution is 5.77. The highest BCUT2D eigenvalue weighted by Gasteiger charge is 2.23. The number of pyridine rings is 1. The number of aliphatic carboxylic acids is 1. The SMILES string of the molecule is CC(C)C(C(=O)O)c1ccn2nncc2c1. The summed E-state index contributed by atoms with van der Waals surface area (Å²) in [5, 5.41) is 16.8. The van der Waals surface area contributed by atoms with Crippen molar-refractivity contribution in [1.29, 1.82) is 0 Å². The van der Waals surface area contributed by atoms with Crippen LogP contribution in [0.1, 0.15) is 25.3 Å². The van der Waals surface area contributed by atoms with Gasteiger partial charge >= 0.3 is 5.97 Å². The third-order valence-electron chi connectivity index (χ3n) is 2.62. The minimum absolute atomic E-state index is 0.0517. The molecule has 2 heterocycles. The molecular formula is C11H13N3O2. The normalized spacial score (nSPS) is 13.2. The van der Waals surface area contributed by atoms with Crippen LogP contribution in [0.5, 0.6) is 0 Å². The van der Waals surface area contributed by atoms with Crippen molar-refractivity contribution in [3.8, 4) is 0 Å². The van der Waals surface area contributed by atoms with Gasteiger partial charge in [-0.2, -0.15) is 0 Å². The van der Waals surface area contributed by atoms with E-state index in [0.717, 1.165) is 11.1 Å². The second-order valence-electron chi connectivity index (χ2n) is 4.12. The van der Waals surface area contributed by atoms with E-state index in [9.17, 15) is 9.90 Å². The average Bonchev–Trinajstić information content (AvgIpc) is 2.63. The fourth-order valence-electron chi connectivity index (χ4n) is 1.85. The van der Waals surface area contributed by atoms with E-state index < -0.39 is 11.9 Å². The van der Waals surface area contributed by atoms with Crippen molar-refractivity contribution in [2.24, 2.45) is 5.92 Å². The zero-order chi connectivity index (χ0) is 11.7. The van der Waals surface area contributed by atoms with Crippen molar-refractivity contribution in [3.63, 3.8) is 0 Å². The summed E-state index contributed by atoms with van der Waals surface area (Å²) >= 11 is 0. The number of nitrogens with zero attached hydrogens (tertiary/aromatic N) is 3. The molecule has 0 fully saturated rings. The van der Waals surface area contributed by atoms with E-state index >= 15 is 0 Å². The van der Waals surface area contributed by atoms with Crippen molar-refractivity contribution in [3.05, 3.63) is 30.1 Å². The van der Waals surface area contributed by atoms with Crippen LogP contribution in [0.2, 0.25) is 0 Å². The second-order valence-corrected chi connectivity index (χ2v) is 4.12. The summed E-state index contributed by atoms with van der Waals surface area (Å²) < 4.78 is 1.61. The van der Waals surface area contributed by atoms with E-state index in [2.05, 4.69) is 10.3 Å². The first-order chi connectivity index (χ1) is 7.59. The van der Waals surface area contributed by atoms with Crippen LogP contribution in [-0.2, 0) is 4.79 Å². The Hall–Kier alpha value is -1.91. The van der Waals surface area contributed by atoms with Gasteiger partial charge in [-0.1, -0.05) is 19.1 Å². The highest BCUT2D eigenvalue weighted by atomic mass is 16.4. The molecule has 1 atom stereocenters. The summed E-state index contributed by atoms with van der Waals surface area (Å²) in [6, 6.07) is 3.60. The van der Waals surface area contributed by atoms with E-state index in [1.807, 2.05) is 19.9 Å². The molecule has 0 aliphatic carbocycles. The Labute approximate surface area is 92.7 Å². The lowest BCUT2D eigenvalue weighted by molar-refractivity contribution is -0.139. The maximum absolute atomic E-state index is 11.2. The molecule has 0 bridgehead atoms. The van der Waals surface area contributed by atoms with Gasteiger partial charge in [-0.05, 0) is 23.6 Å². The predicted molar refractivity (Wildman–Crippen MR) is 58.2 cm³/mol. The molecule has 2 rings (SSSR count). The van der Waals surface area contributed by atoms with E-state index in [0.29, 0.717) is 0 Å². The Balaban J connectivity index is 2.48. The summed E-state index contributed by atoms with van der Waals surface area (Å²) in [6.07, 6.45) is 3.35. The molecule has 0 aliphatic heterocycles. The van der Waals surface area contributed by atoms with Crippen molar-refractivity contribution in [1.82, 2.24) is 14.8 Å². The molecule has 16 heavy (non-hydrogen) atoms. The van der Waals surface area contributed by atoms with Crippen molar-refractivity contribution in [2.75, 3.05) is 0 Å². The van der Waals surface area contributed by atoms with Gasteiger partial charge < -0.3 is 5.11 Å².